The van der Waals surface area contributed by atoms with Gasteiger partial charge in [-0.15, -0.1) is 22.7 Å². The molecule has 2 aromatic rings. The molecule has 2 rings (SSSR count). The first-order valence-corrected chi connectivity index (χ1v) is 12.0. The molecule has 0 fully saturated rings. The molecular formula is C22H36S2. The lowest BCUT2D eigenvalue weighted by molar-refractivity contribution is 0.609. The van der Waals surface area contributed by atoms with Crippen LogP contribution in [0.4, 0.5) is 0 Å². The van der Waals surface area contributed by atoms with Crippen LogP contribution in [0.1, 0.15) is 101 Å². The first-order valence-electron chi connectivity index (χ1n) is 10.3. The minimum atomic E-state index is 1.30. The highest BCUT2D eigenvalue weighted by Crippen LogP contribution is 2.34. The molecule has 0 saturated carbocycles. The van der Waals surface area contributed by atoms with Crippen molar-refractivity contribution in [3.63, 3.8) is 0 Å². The number of thiophene rings is 2. The SMILES string of the molecule is CCCCCCCCc1cc2sc(CCCCCCCC)cc2s1. The van der Waals surface area contributed by atoms with Crippen molar-refractivity contribution in [3.05, 3.63) is 21.9 Å². The van der Waals surface area contributed by atoms with Crippen molar-refractivity contribution in [1.82, 2.24) is 0 Å². The number of rotatable bonds is 14. The van der Waals surface area contributed by atoms with E-state index in [1.807, 2.05) is 22.7 Å². The first-order chi connectivity index (χ1) is 11.8. The zero-order chi connectivity index (χ0) is 17.0. The van der Waals surface area contributed by atoms with Crippen molar-refractivity contribution in [2.24, 2.45) is 0 Å². The lowest BCUT2D eigenvalue weighted by Gasteiger charge is -2.00. The Bertz CT molecular complexity index is 472. The normalized spacial score (nSPS) is 11.6. The quantitative estimate of drug-likeness (QED) is 0.294. The molecule has 0 N–H and O–H groups in total. The van der Waals surface area contributed by atoms with E-state index in [1.165, 1.54) is 89.9 Å². The lowest BCUT2D eigenvalue weighted by Crippen LogP contribution is -1.83. The van der Waals surface area contributed by atoms with Gasteiger partial charge in [0.25, 0.3) is 0 Å². The monoisotopic (exact) mass is 364 g/mol. The average Bonchev–Trinajstić information content (AvgIpc) is 3.12. The third-order valence-corrected chi connectivity index (χ3v) is 7.28. The maximum atomic E-state index is 2.47. The Hall–Kier alpha value is -0.340. The molecule has 136 valence electrons. The molecule has 0 bridgehead atoms. The van der Waals surface area contributed by atoms with Gasteiger partial charge in [-0.25, -0.2) is 0 Å². The molecule has 2 aromatic heterocycles. The molecule has 2 heterocycles. The van der Waals surface area contributed by atoms with Crippen molar-refractivity contribution in [3.8, 4) is 0 Å². The predicted octanol–water partition coefficient (Wildman–Crippen LogP) is 8.77. The summed E-state index contributed by atoms with van der Waals surface area (Å²) in [6.45, 7) is 4.58. The molecule has 0 aliphatic carbocycles. The second-order valence-electron chi connectivity index (χ2n) is 7.19. The first kappa shape index (κ1) is 20.0. The van der Waals surface area contributed by atoms with Crippen LogP contribution in [0, 0.1) is 0 Å². The van der Waals surface area contributed by atoms with Crippen molar-refractivity contribution in [2.45, 2.75) is 104 Å². The highest BCUT2D eigenvalue weighted by atomic mass is 32.1. The van der Waals surface area contributed by atoms with Crippen LogP contribution >= 0.6 is 22.7 Å². The predicted molar refractivity (Wildman–Crippen MR) is 114 cm³/mol. The van der Waals surface area contributed by atoms with Crippen LogP contribution in [0.2, 0.25) is 0 Å². The fraction of sp³-hybridized carbons (Fsp3) is 0.727. The summed E-state index contributed by atoms with van der Waals surface area (Å²) in [5, 5.41) is 0. The van der Waals surface area contributed by atoms with E-state index in [0.29, 0.717) is 0 Å². The Morgan fingerprint density at radius 1 is 0.542 bits per heavy atom. The van der Waals surface area contributed by atoms with Crippen LogP contribution in [0.15, 0.2) is 12.1 Å². The molecule has 0 aromatic carbocycles. The van der Waals surface area contributed by atoms with E-state index in [4.69, 9.17) is 0 Å². The molecule has 0 saturated heterocycles. The van der Waals surface area contributed by atoms with E-state index in [9.17, 15) is 0 Å². The van der Waals surface area contributed by atoms with E-state index < -0.39 is 0 Å². The summed E-state index contributed by atoms with van der Waals surface area (Å²) in [6.07, 6.45) is 19.4. The van der Waals surface area contributed by atoms with Crippen LogP contribution in [-0.4, -0.2) is 0 Å². The standard InChI is InChI=1S/C22H36S2/c1-3-5-7-9-11-13-15-19-17-21-22(23-19)18-20(24-21)16-14-12-10-8-6-4-2/h17-18H,3-16H2,1-2H3. The molecule has 0 spiro atoms. The van der Waals surface area contributed by atoms with Gasteiger partial charge in [0.15, 0.2) is 0 Å². The fourth-order valence-electron chi connectivity index (χ4n) is 3.34. The van der Waals surface area contributed by atoms with Crippen molar-refractivity contribution in [1.29, 1.82) is 0 Å². The third-order valence-electron chi connectivity index (χ3n) is 4.86. The third kappa shape index (κ3) is 7.27. The van der Waals surface area contributed by atoms with Gasteiger partial charge >= 0.3 is 0 Å². The zero-order valence-electron chi connectivity index (χ0n) is 15.9. The largest absolute Gasteiger partial charge is 0.139 e. The van der Waals surface area contributed by atoms with Crippen LogP contribution in [0.3, 0.4) is 0 Å². The number of hydrogen-bond acceptors (Lipinski definition) is 2. The van der Waals surface area contributed by atoms with Gasteiger partial charge in [0.1, 0.15) is 0 Å². The smallest absolute Gasteiger partial charge is 0.0456 e. The van der Waals surface area contributed by atoms with Crippen molar-refractivity contribution < 1.29 is 0 Å². The molecular weight excluding hydrogens is 328 g/mol. The van der Waals surface area contributed by atoms with Crippen LogP contribution in [0.25, 0.3) is 9.40 Å². The highest BCUT2D eigenvalue weighted by molar-refractivity contribution is 7.27. The molecule has 0 nitrogen and oxygen atoms in total. The molecule has 0 aliphatic heterocycles. The summed E-state index contributed by atoms with van der Waals surface area (Å²) in [4.78, 5) is 3.22. The van der Waals surface area contributed by atoms with Gasteiger partial charge in [0.2, 0.25) is 0 Å². The van der Waals surface area contributed by atoms with Gasteiger partial charge in [-0.05, 0) is 37.8 Å². The Balaban J connectivity index is 1.65. The van der Waals surface area contributed by atoms with E-state index in [0.717, 1.165) is 0 Å². The van der Waals surface area contributed by atoms with Gasteiger partial charge in [0.05, 0.1) is 0 Å². The van der Waals surface area contributed by atoms with Gasteiger partial charge in [-0.2, -0.15) is 0 Å². The van der Waals surface area contributed by atoms with Gasteiger partial charge in [0, 0.05) is 19.2 Å². The second kappa shape index (κ2) is 12.1. The molecule has 2 heteroatoms. The highest BCUT2D eigenvalue weighted by Gasteiger charge is 2.07. The Kier molecular flexibility index (Phi) is 10.1. The van der Waals surface area contributed by atoms with Crippen molar-refractivity contribution in [2.75, 3.05) is 0 Å². The summed E-state index contributed by atoms with van der Waals surface area (Å²) >= 11 is 4.09. The minimum absolute atomic E-state index is 1.30. The summed E-state index contributed by atoms with van der Waals surface area (Å²) < 4.78 is 3.09. The molecule has 0 radical (unpaired) electrons. The number of unbranched alkanes of at least 4 members (excludes halogenated alkanes) is 10. The van der Waals surface area contributed by atoms with Crippen LogP contribution in [-0.2, 0) is 12.8 Å². The number of aryl methyl sites for hydroxylation is 2. The second-order valence-corrected chi connectivity index (χ2v) is 9.53. The summed E-state index contributed by atoms with van der Waals surface area (Å²) in [6, 6.07) is 4.95. The van der Waals surface area contributed by atoms with Crippen molar-refractivity contribution >= 4 is 32.1 Å². The van der Waals surface area contributed by atoms with Gasteiger partial charge in [-0.3, -0.25) is 0 Å². The number of fused-ring (bicyclic) bond motifs is 1. The van der Waals surface area contributed by atoms with E-state index in [2.05, 4.69) is 26.0 Å². The Labute approximate surface area is 157 Å². The Morgan fingerprint density at radius 3 is 1.33 bits per heavy atom. The Morgan fingerprint density at radius 2 is 0.917 bits per heavy atom. The summed E-state index contributed by atoms with van der Waals surface area (Å²) in [5.41, 5.74) is 0. The minimum Gasteiger partial charge on any atom is -0.139 e. The molecule has 0 amide bonds. The average molecular weight is 365 g/mol. The van der Waals surface area contributed by atoms with Gasteiger partial charge in [-0.1, -0.05) is 78.1 Å². The maximum absolute atomic E-state index is 2.47. The molecule has 0 aliphatic rings. The lowest BCUT2D eigenvalue weighted by atomic mass is 10.1. The number of hydrogen-bond donors (Lipinski definition) is 0. The van der Waals surface area contributed by atoms with E-state index >= 15 is 0 Å². The molecule has 24 heavy (non-hydrogen) atoms. The molecule has 0 atom stereocenters. The molecule has 0 unspecified atom stereocenters. The fourth-order valence-corrected chi connectivity index (χ4v) is 5.87. The van der Waals surface area contributed by atoms with Crippen LogP contribution in [0.5, 0.6) is 0 Å². The summed E-state index contributed by atoms with van der Waals surface area (Å²) in [7, 11) is 0. The maximum Gasteiger partial charge on any atom is 0.0456 e. The van der Waals surface area contributed by atoms with Crippen LogP contribution < -0.4 is 0 Å². The topological polar surface area (TPSA) is 0 Å². The van der Waals surface area contributed by atoms with E-state index in [1.54, 1.807) is 19.2 Å². The summed E-state index contributed by atoms with van der Waals surface area (Å²) in [5.74, 6) is 0. The van der Waals surface area contributed by atoms with Gasteiger partial charge < -0.3 is 0 Å². The zero-order valence-corrected chi connectivity index (χ0v) is 17.5. The van der Waals surface area contributed by atoms with E-state index in [-0.39, 0.29) is 0 Å².